The average molecular weight is 244 g/mol. The van der Waals surface area contributed by atoms with Crippen molar-refractivity contribution >= 4 is 33.3 Å². The van der Waals surface area contributed by atoms with E-state index in [9.17, 15) is 8.42 Å². The van der Waals surface area contributed by atoms with Crippen molar-refractivity contribution in [3.05, 3.63) is 28.5 Å². The van der Waals surface area contributed by atoms with Gasteiger partial charge in [-0.25, -0.2) is 0 Å². The van der Waals surface area contributed by atoms with Crippen LogP contribution in [0.15, 0.2) is 18.5 Å². The maximum Gasteiger partial charge on any atom is 0.261 e. The third-order valence-electron chi connectivity index (χ3n) is 0.723. The van der Waals surface area contributed by atoms with E-state index in [1.54, 1.807) is 12.3 Å². The molecule has 0 aromatic carbocycles. The molecule has 1 aromatic rings. The molecule has 0 aliphatic carbocycles. The Morgan fingerprint density at radius 2 is 1.85 bits per heavy atom. The van der Waals surface area contributed by atoms with Crippen molar-refractivity contribution in [1.82, 2.24) is 4.98 Å². The Kier molecular flexibility index (Phi) is 5.24. The van der Waals surface area contributed by atoms with Gasteiger partial charge in [0.2, 0.25) is 0 Å². The van der Waals surface area contributed by atoms with Crippen molar-refractivity contribution in [2.75, 3.05) is 6.26 Å². The van der Waals surface area contributed by atoms with Gasteiger partial charge in [-0.15, -0.1) is 0 Å². The number of hydrogen-bond donors (Lipinski definition) is 1. The van der Waals surface area contributed by atoms with E-state index in [0.717, 1.165) is 0 Å². The minimum Gasteiger partial charge on any atom is -0.286 e. The highest BCUT2D eigenvalue weighted by atomic mass is 35.5. The lowest BCUT2D eigenvalue weighted by molar-refractivity contribution is 0.490. The van der Waals surface area contributed by atoms with Crippen molar-refractivity contribution in [3.8, 4) is 0 Å². The van der Waals surface area contributed by atoms with Crippen LogP contribution in [0.4, 0.5) is 0 Å². The second-order valence-corrected chi connectivity index (χ2v) is 4.30. The van der Waals surface area contributed by atoms with Crippen LogP contribution in [0.5, 0.6) is 0 Å². The number of aromatic nitrogens is 1. The molecule has 0 fully saturated rings. The molecular formula is C6H7Cl2NO3S. The molecule has 4 nitrogen and oxygen atoms in total. The van der Waals surface area contributed by atoms with E-state index in [1.165, 1.54) is 6.20 Å². The third kappa shape index (κ3) is 9.55. The molecule has 74 valence electrons. The molecule has 0 aliphatic rings. The molecule has 1 aromatic heterocycles. The van der Waals surface area contributed by atoms with Crippen LogP contribution >= 0.6 is 23.2 Å². The SMILES string of the molecule is CS(=O)(=O)O.Clc1ccncc1Cl. The van der Waals surface area contributed by atoms with E-state index in [4.69, 9.17) is 27.8 Å². The van der Waals surface area contributed by atoms with Gasteiger partial charge in [0.1, 0.15) is 0 Å². The minimum absolute atomic E-state index is 0.495. The lowest BCUT2D eigenvalue weighted by atomic mass is 10.5. The van der Waals surface area contributed by atoms with E-state index < -0.39 is 10.1 Å². The Morgan fingerprint density at radius 1 is 1.38 bits per heavy atom. The van der Waals surface area contributed by atoms with E-state index >= 15 is 0 Å². The Labute approximate surface area is 86.3 Å². The normalized spacial score (nSPS) is 10.2. The lowest BCUT2D eigenvalue weighted by Gasteiger charge is -1.87. The van der Waals surface area contributed by atoms with Gasteiger partial charge in [0, 0.05) is 12.4 Å². The number of halogens is 2. The Bertz CT molecular complexity index is 337. The molecule has 0 unspecified atom stereocenters. The molecule has 0 amide bonds. The molecule has 0 bridgehead atoms. The van der Waals surface area contributed by atoms with E-state index in [1.807, 2.05) is 0 Å². The highest BCUT2D eigenvalue weighted by Crippen LogP contribution is 2.17. The third-order valence-corrected chi connectivity index (χ3v) is 1.45. The molecule has 1 heterocycles. The molecule has 0 radical (unpaired) electrons. The van der Waals surface area contributed by atoms with Crippen LogP contribution in [0.1, 0.15) is 0 Å². The van der Waals surface area contributed by atoms with Gasteiger partial charge in [0.05, 0.1) is 16.3 Å². The summed E-state index contributed by atoms with van der Waals surface area (Å²) in [7, 11) is -3.67. The monoisotopic (exact) mass is 243 g/mol. The first-order valence-electron chi connectivity index (χ1n) is 2.98. The largest absolute Gasteiger partial charge is 0.286 e. The van der Waals surface area contributed by atoms with Gasteiger partial charge in [0.25, 0.3) is 10.1 Å². The summed E-state index contributed by atoms with van der Waals surface area (Å²) >= 11 is 11.1. The standard InChI is InChI=1S/C5H3Cl2N.CH4O3S/c6-4-1-2-8-3-5(4)7;1-5(2,3)4/h1-3H;1H3,(H,2,3,4). The van der Waals surface area contributed by atoms with Gasteiger partial charge in [-0.1, -0.05) is 23.2 Å². The Morgan fingerprint density at radius 3 is 2.08 bits per heavy atom. The predicted molar refractivity (Wildman–Crippen MR) is 51.7 cm³/mol. The average Bonchev–Trinajstić information content (AvgIpc) is 1.92. The van der Waals surface area contributed by atoms with Crippen molar-refractivity contribution in [2.45, 2.75) is 0 Å². The summed E-state index contributed by atoms with van der Waals surface area (Å²) in [5, 5.41) is 1.04. The van der Waals surface area contributed by atoms with Crippen LogP contribution < -0.4 is 0 Å². The number of rotatable bonds is 0. The fraction of sp³-hybridized carbons (Fsp3) is 0.167. The summed E-state index contributed by atoms with van der Waals surface area (Å²) in [6, 6.07) is 1.64. The summed E-state index contributed by atoms with van der Waals surface area (Å²) in [5.41, 5.74) is 0. The van der Waals surface area contributed by atoms with Gasteiger partial charge in [-0.05, 0) is 6.07 Å². The van der Waals surface area contributed by atoms with Gasteiger partial charge in [-0.2, -0.15) is 8.42 Å². The molecular weight excluding hydrogens is 237 g/mol. The first kappa shape index (κ1) is 12.6. The van der Waals surface area contributed by atoms with Crippen LogP contribution in [0, 0.1) is 0 Å². The summed E-state index contributed by atoms with van der Waals surface area (Å²) in [4.78, 5) is 3.73. The molecule has 13 heavy (non-hydrogen) atoms. The van der Waals surface area contributed by atoms with Gasteiger partial charge in [0.15, 0.2) is 0 Å². The topological polar surface area (TPSA) is 67.3 Å². The fourth-order valence-electron chi connectivity index (χ4n) is 0.358. The summed E-state index contributed by atoms with van der Waals surface area (Å²) in [6.07, 6.45) is 3.81. The number of pyridine rings is 1. The summed E-state index contributed by atoms with van der Waals surface area (Å²) in [5.74, 6) is 0. The van der Waals surface area contributed by atoms with Gasteiger partial charge in [-0.3, -0.25) is 9.54 Å². The lowest BCUT2D eigenvalue weighted by Crippen LogP contribution is -1.88. The molecule has 0 spiro atoms. The van der Waals surface area contributed by atoms with Gasteiger partial charge >= 0.3 is 0 Å². The van der Waals surface area contributed by atoms with Crippen LogP contribution in [0.25, 0.3) is 0 Å². The maximum atomic E-state index is 9.19. The van der Waals surface area contributed by atoms with Crippen molar-refractivity contribution < 1.29 is 13.0 Å². The van der Waals surface area contributed by atoms with Crippen LogP contribution in [-0.4, -0.2) is 24.2 Å². The van der Waals surface area contributed by atoms with Crippen LogP contribution in [-0.2, 0) is 10.1 Å². The molecule has 0 saturated heterocycles. The van der Waals surface area contributed by atoms with Gasteiger partial charge < -0.3 is 0 Å². The Hall–Kier alpha value is -0.360. The Balaban J connectivity index is 0.000000252. The maximum absolute atomic E-state index is 9.19. The second-order valence-electron chi connectivity index (χ2n) is 2.02. The first-order chi connectivity index (χ1) is 5.80. The molecule has 0 saturated carbocycles. The zero-order valence-electron chi connectivity index (χ0n) is 6.61. The first-order valence-corrected chi connectivity index (χ1v) is 5.58. The summed E-state index contributed by atoms with van der Waals surface area (Å²) < 4.78 is 25.9. The number of nitrogens with zero attached hydrogens (tertiary/aromatic N) is 1. The van der Waals surface area contributed by atoms with E-state index in [-0.39, 0.29) is 0 Å². The molecule has 7 heteroatoms. The van der Waals surface area contributed by atoms with Crippen molar-refractivity contribution in [2.24, 2.45) is 0 Å². The second kappa shape index (κ2) is 5.39. The summed E-state index contributed by atoms with van der Waals surface area (Å²) in [6.45, 7) is 0. The zero-order chi connectivity index (χ0) is 10.5. The predicted octanol–water partition coefficient (Wildman–Crippen LogP) is 1.89. The molecule has 1 N–H and O–H groups in total. The zero-order valence-corrected chi connectivity index (χ0v) is 8.94. The van der Waals surface area contributed by atoms with Crippen LogP contribution in [0.2, 0.25) is 10.0 Å². The molecule has 0 aliphatic heterocycles. The van der Waals surface area contributed by atoms with Crippen LogP contribution in [0.3, 0.4) is 0 Å². The quantitative estimate of drug-likeness (QED) is 0.707. The van der Waals surface area contributed by atoms with E-state index in [2.05, 4.69) is 4.98 Å². The molecule has 1 rings (SSSR count). The van der Waals surface area contributed by atoms with Crippen molar-refractivity contribution in [3.63, 3.8) is 0 Å². The number of hydrogen-bond acceptors (Lipinski definition) is 3. The minimum atomic E-state index is -3.67. The smallest absolute Gasteiger partial charge is 0.261 e. The fourth-order valence-corrected chi connectivity index (χ4v) is 0.583. The van der Waals surface area contributed by atoms with E-state index in [0.29, 0.717) is 16.3 Å². The van der Waals surface area contributed by atoms with Crippen molar-refractivity contribution in [1.29, 1.82) is 0 Å². The highest BCUT2D eigenvalue weighted by Gasteiger charge is 1.90. The highest BCUT2D eigenvalue weighted by molar-refractivity contribution is 7.85. The molecule has 0 atom stereocenters.